The van der Waals surface area contributed by atoms with Gasteiger partial charge in [0.05, 0.1) is 26.7 Å². The Bertz CT molecular complexity index is 927. The number of ether oxygens (including phenoxy) is 2. The average Bonchev–Trinajstić information content (AvgIpc) is 2.69. The average molecular weight is 404 g/mol. The molecule has 0 aliphatic carbocycles. The van der Waals surface area contributed by atoms with Crippen LogP contribution in [0.5, 0.6) is 11.5 Å². The molecule has 5 nitrogen and oxygen atoms in total. The Hall–Kier alpha value is -2.86. The van der Waals surface area contributed by atoms with Crippen molar-refractivity contribution in [1.29, 1.82) is 0 Å². The van der Waals surface area contributed by atoms with Crippen LogP contribution in [0, 0.1) is 5.82 Å². The van der Waals surface area contributed by atoms with Gasteiger partial charge in [-0.25, -0.2) is 4.39 Å². The fourth-order valence-corrected chi connectivity index (χ4v) is 3.35. The Balaban J connectivity index is 1.88. The van der Waals surface area contributed by atoms with Crippen molar-refractivity contribution in [3.05, 3.63) is 70.6 Å². The third-order valence-corrected chi connectivity index (χ3v) is 4.94. The van der Waals surface area contributed by atoms with Gasteiger partial charge in [-0.05, 0) is 35.4 Å². The molecule has 28 heavy (non-hydrogen) atoms. The van der Waals surface area contributed by atoms with Gasteiger partial charge in [-0.15, -0.1) is 0 Å². The zero-order valence-electron chi connectivity index (χ0n) is 15.4. The molecule has 1 unspecified atom stereocenters. The highest BCUT2D eigenvalue weighted by Crippen LogP contribution is 2.35. The third kappa shape index (κ3) is 4.17. The van der Waals surface area contributed by atoms with Crippen molar-refractivity contribution in [2.45, 2.75) is 18.9 Å². The molecule has 0 fully saturated rings. The van der Waals surface area contributed by atoms with Crippen LogP contribution in [0.25, 0.3) is 0 Å². The quantitative estimate of drug-likeness (QED) is 0.754. The first-order chi connectivity index (χ1) is 13.4. The number of methoxy groups -OCH3 is 2. The number of carbonyl (C=O) groups excluding carboxylic acids is 2. The minimum Gasteiger partial charge on any atom is -0.493 e. The number of allylic oxidation sites excluding steroid dienone is 1. The monoisotopic (exact) mass is 403 g/mol. The summed E-state index contributed by atoms with van der Waals surface area (Å²) in [4.78, 5) is 26.4. The molecule has 0 saturated heterocycles. The first kappa shape index (κ1) is 19.9. The summed E-state index contributed by atoms with van der Waals surface area (Å²) in [5.74, 6) is 0.219. The molecule has 1 amide bonds. The molecule has 146 valence electrons. The van der Waals surface area contributed by atoms with Crippen LogP contribution < -0.4 is 9.47 Å². The van der Waals surface area contributed by atoms with Gasteiger partial charge in [0.2, 0.25) is 5.91 Å². The van der Waals surface area contributed by atoms with E-state index in [1.807, 2.05) is 0 Å². The molecular formula is C21H19ClFNO4. The third-order valence-electron chi connectivity index (χ3n) is 4.59. The van der Waals surface area contributed by atoms with Crippen LogP contribution in [0.2, 0.25) is 5.02 Å². The van der Waals surface area contributed by atoms with Gasteiger partial charge in [0.25, 0.3) is 0 Å². The van der Waals surface area contributed by atoms with Crippen LogP contribution >= 0.6 is 11.6 Å². The standard InChI is InChI=1S/C21H19ClFNO4/c1-27-19-9-14(17(22)12-20(19)28-2)10-21(26)24-8-7-16(25)11-18(24)13-3-5-15(23)6-4-13/h3-9,12,18H,10-11H2,1-2H3. The van der Waals surface area contributed by atoms with E-state index in [4.69, 9.17) is 21.1 Å². The Labute approximate surface area is 167 Å². The van der Waals surface area contributed by atoms with Gasteiger partial charge in [-0.2, -0.15) is 0 Å². The second-order valence-electron chi connectivity index (χ2n) is 6.33. The van der Waals surface area contributed by atoms with Gasteiger partial charge < -0.3 is 14.4 Å². The normalized spacial score (nSPS) is 16.2. The minimum absolute atomic E-state index is 0.00934. The van der Waals surface area contributed by atoms with E-state index in [1.165, 1.54) is 43.5 Å². The van der Waals surface area contributed by atoms with Crippen molar-refractivity contribution in [2.75, 3.05) is 14.2 Å². The summed E-state index contributed by atoms with van der Waals surface area (Å²) >= 11 is 6.29. The fraction of sp³-hybridized carbons (Fsp3) is 0.238. The van der Waals surface area contributed by atoms with Crippen LogP contribution in [0.4, 0.5) is 4.39 Å². The lowest BCUT2D eigenvalue weighted by molar-refractivity contribution is -0.131. The fourth-order valence-electron chi connectivity index (χ4n) is 3.13. The molecule has 0 radical (unpaired) electrons. The number of rotatable bonds is 5. The maximum atomic E-state index is 13.3. The van der Waals surface area contributed by atoms with E-state index in [0.29, 0.717) is 27.6 Å². The first-order valence-electron chi connectivity index (χ1n) is 8.61. The van der Waals surface area contributed by atoms with Gasteiger partial charge >= 0.3 is 0 Å². The maximum absolute atomic E-state index is 13.3. The van der Waals surface area contributed by atoms with E-state index in [1.54, 1.807) is 24.3 Å². The molecule has 1 heterocycles. The van der Waals surface area contributed by atoms with Crippen molar-refractivity contribution in [3.8, 4) is 11.5 Å². The Morgan fingerprint density at radius 2 is 1.82 bits per heavy atom. The summed E-state index contributed by atoms with van der Waals surface area (Å²) in [6.07, 6.45) is 2.98. The second-order valence-corrected chi connectivity index (χ2v) is 6.74. The van der Waals surface area contributed by atoms with Crippen LogP contribution in [-0.4, -0.2) is 30.8 Å². The maximum Gasteiger partial charge on any atom is 0.231 e. The van der Waals surface area contributed by atoms with Crippen molar-refractivity contribution in [1.82, 2.24) is 4.90 Å². The number of hydrogen-bond donors (Lipinski definition) is 0. The molecule has 0 saturated carbocycles. The second kappa shape index (κ2) is 8.44. The highest BCUT2D eigenvalue weighted by atomic mass is 35.5. The lowest BCUT2D eigenvalue weighted by Crippen LogP contribution is -2.35. The minimum atomic E-state index is -0.496. The number of carbonyl (C=O) groups is 2. The smallest absolute Gasteiger partial charge is 0.231 e. The Morgan fingerprint density at radius 3 is 2.46 bits per heavy atom. The van der Waals surface area contributed by atoms with Crippen molar-refractivity contribution in [3.63, 3.8) is 0 Å². The molecule has 2 aromatic carbocycles. The zero-order chi connectivity index (χ0) is 20.3. The highest BCUT2D eigenvalue weighted by molar-refractivity contribution is 6.31. The summed E-state index contributed by atoms with van der Waals surface area (Å²) < 4.78 is 23.7. The summed E-state index contributed by atoms with van der Waals surface area (Å²) in [5.41, 5.74) is 1.26. The lowest BCUT2D eigenvalue weighted by atomic mass is 9.96. The summed E-state index contributed by atoms with van der Waals surface area (Å²) in [5, 5.41) is 0.376. The van der Waals surface area contributed by atoms with Crippen LogP contribution in [-0.2, 0) is 16.0 Å². The number of halogens is 2. The predicted octanol–water partition coefficient (Wildman–Crippen LogP) is 4.10. The number of hydrogen-bond acceptors (Lipinski definition) is 4. The summed E-state index contributed by atoms with van der Waals surface area (Å²) in [6, 6.07) is 8.54. The molecule has 3 rings (SSSR count). The van der Waals surface area contributed by atoms with Crippen molar-refractivity contribution >= 4 is 23.3 Å². The van der Waals surface area contributed by atoms with Gasteiger partial charge in [0.1, 0.15) is 5.82 Å². The van der Waals surface area contributed by atoms with Crippen LogP contribution in [0.1, 0.15) is 23.6 Å². The molecule has 0 bridgehead atoms. The molecule has 7 heteroatoms. The molecule has 1 aliphatic rings. The summed E-state index contributed by atoms with van der Waals surface area (Å²) in [7, 11) is 3.00. The molecule has 0 N–H and O–H groups in total. The van der Waals surface area contributed by atoms with Crippen LogP contribution in [0.15, 0.2) is 48.7 Å². The van der Waals surface area contributed by atoms with E-state index in [0.717, 1.165) is 0 Å². The van der Waals surface area contributed by atoms with E-state index in [-0.39, 0.29) is 30.3 Å². The van der Waals surface area contributed by atoms with Gasteiger partial charge in [-0.3, -0.25) is 9.59 Å². The number of amides is 1. The first-order valence-corrected chi connectivity index (χ1v) is 8.98. The van der Waals surface area contributed by atoms with E-state index < -0.39 is 6.04 Å². The molecular weight excluding hydrogens is 385 g/mol. The Kier molecular flexibility index (Phi) is 5.99. The van der Waals surface area contributed by atoms with E-state index >= 15 is 0 Å². The molecule has 2 aromatic rings. The number of ketones is 1. The van der Waals surface area contributed by atoms with Crippen molar-refractivity contribution < 1.29 is 23.5 Å². The van der Waals surface area contributed by atoms with Gasteiger partial charge in [-0.1, -0.05) is 23.7 Å². The molecule has 1 aliphatic heterocycles. The lowest BCUT2D eigenvalue weighted by Gasteiger charge is -2.31. The largest absolute Gasteiger partial charge is 0.493 e. The van der Waals surface area contributed by atoms with E-state index in [2.05, 4.69) is 0 Å². The molecule has 1 atom stereocenters. The van der Waals surface area contributed by atoms with Crippen LogP contribution in [0.3, 0.4) is 0 Å². The number of nitrogens with zero attached hydrogens (tertiary/aromatic N) is 1. The predicted molar refractivity (Wildman–Crippen MR) is 103 cm³/mol. The van der Waals surface area contributed by atoms with Crippen molar-refractivity contribution in [2.24, 2.45) is 0 Å². The van der Waals surface area contributed by atoms with Gasteiger partial charge in [0.15, 0.2) is 17.3 Å². The number of benzene rings is 2. The molecule has 0 aromatic heterocycles. The van der Waals surface area contributed by atoms with Gasteiger partial charge in [0, 0.05) is 23.7 Å². The highest BCUT2D eigenvalue weighted by Gasteiger charge is 2.29. The van der Waals surface area contributed by atoms with E-state index in [9.17, 15) is 14.0 Å². The molecule has 0 spiro atoms. The Morgan fingerprint density at radius 1 is 1.18 bits per heavy atom. The topological polar surface area (TPSA) is 55.8 Å². The SMILES string of the molecule is COc1cc(Cl)c(CC(=O)N2C=CC(=O)CC2c2ccc(F)cc2)cc1OC. The zero-order valence-corrected chi connectivity index (χ0v) is 16.2. The summed E-state index contributed by atoms with van der Waals surface area (Å²) in [6.45, 7) is 0.